The van der Waals surface area contributed by atoms with Gasteiger partial charge < -0.3 is 14.4 Å². The van der Waals surface area contributed by atoms with Crippen LogP contribution in [0.4, 0.5) is 0 Å². The molecule has 1 aromatic carbocycles. The summed E-state index contributed by atoms with van der Waals surface area (Å²) < 4.78 is 10.3. The number of hydrogen-bond acceptors (Lipinski definition) is 3. The van der Waals surface area contributed by atoms with Crippen LogP contribution in [0.25, 0.3) is 0 Å². The first-order valence-electron chi connectivity index (χ1n) is 5.74. The molecule has 1 N–H and O–H groups in total. The molecule has 17 heavy (non-hydrogen) atoms. The highest BCUT2D eigenvalue weighted by molar-refractivity contribution is 5.92. The van der Waals surface area contributed by atoms with Crippen LogP contribution in [0.5, 0.6) is 5.75 Å². The first kappa shape index (κ1) is 13.5. The van der Waals surface area contributed by atoms with Crippen molar-refractivity contribution < 1.29 is 19.2 Å². The predicted octanol–water partition coefficient (Wildman–Crippen LogP) is 0.387. The third-order valence-electron chi connectivity index (χ3n) is 2.38. The maximum absolute atomic E-state index is 11.8. The normalized spacial score (nSPS) is 10.4. The van der Waals surface area contributed by atoms with E-state index in [1.807, 2.05) is 6.07 Å². The molecular weight excluding hydrogens is 218 g/mol. The van der Waals surface area contributed by atoms with Gasteiger partial charge in [-0.15, -0.1) is 0 Å². The molecule has 0 fully saturated rings. The number of carbonyl (C=O) groups is 1. The lowest BCUT2D eigenvalue weighted by molar-refractivity contribution is -0.858. The molecule has 94 valence electrons. The topological polar surface area (TPSA) is 40.0 Å². The average Bonchev–Trinajstić information content (AvgIpc) is 2.34. The molecule has 0 aromatic heterocycles. The van der Waals surface area contributed by atoms with E-state index in [0.29, 0.717) is 17.9 Å². The van der Waals surface area contributed by atoms with Gasteiger partial charge in [0, 0.05) is 6.42 Å². The number of rotatable bonds is 6. The van der Waals surface area contributed by atoms with Gasteiger partial charge in [-0.25, -0.2) is 4.79 Å². The van der Waals surface area contributed by atoms with Crippen LogP contribution in [-0.4, -0.2) is 40.3 Å². The van der Waals surface area contributed by atoms with Crippen molar-refractivity contribution in [3.8, 4) is 5.75 Å². The molecule has 0 aliphatic heterocycles. The SMILES string of the molecule is COc1ccccc1C(=O)OCCC[NH+](C)C. The average molecular weight is 238 g/mol. The largest absolute Gasteiger partial charge is 0.496 e. The Bertz CT molecular complexity index is 363. The Morgan fingerprint density at radius 3 is 2.65 bits per heavy atom. The van der Waals surface area contributed by atoms with Crippen molar-refractivity contribution in [3.63, 3.8) is 0 Å². The molecule has 0 saturated heterocycles. The highest BCUT2D eigenvalue weighted by atomic mass is 16.5. The standard InChI is InChI=1S/C13H19NO3/c1-14(2)9-6-10-17-13(15)11-7-4-5-8-12(11)16-3/h4-5,7-8H,6,9-10H2,1-3H3/p+1. The van der Waals surface area contributed by atoms with Crippen molar-refractivity contribution in [1.82, 2.24) is 0 Å². The van der Waals surface area contributed by atoms with Gasteiger partial charge in [-0.1, -0.05) is 12.1 Å². The van der Waals surface area contributed by atoms with E-state index in [9.17, 15) is 4.79 Å². The van der Waals surface area contributed by atoms with Crippen LogP contribution < -0.4 is 9.64 Å². The molecule has 1 aromatic rings. The second-order valence-electron chi connectivity index (χ2n) is 4.15. The fourth-order valence-corrected chi connectivity index (χ4v) is 1.48. The van der Waals surface area contributed by atoms with Crippen molar-refractivity contribution >= 4 is 5.97 Å². The predicted molar refractivity (Wildman–Crippen MR) is 65.6 cm³/mol. The third kappa shape index (κ3) is 4.44. The van der Waals surface area contributed by atoms with Gasteiger partial charge in [-0.2, -0.15) is 0 Å². The summed E-state index contributed by atoms with van der Waals surface area (Å²) in [6, 6.07) is 7.08. The lowest BCUT2D eigenvalue weighted by Crippen LogP contribution is -3.05. The highest BCUT2D eigenvalue weighted by Gasteiger charge is 2.12. The zero-order valence-corrected chi connectivity index (χ0v) is 10.7. The molecule has 0 unspecified atom stereocenters. The molecule has 0 heterocycles. The summed E-state index contributed by atoms with van der Waals surface area (Å²) in [5.41, 5.74) is 0.479. The highest BCUT2D eigenvalue weighted by Crippen LogP contribution is 2.17. The molecule has 0 saturated carbocycles. The molecule has 0 aliphatic carbocycles. The van der Waals surface area contributed by atoms with E-state index in [-0.39, 0.29) is 5.97 Å². The smallest absolute Gasteiger partial charge is 0.341 e. The number of esters is 1. The summed E-state index contributed by atoms with van der Waals surface area (Å²) in [4.78, 5) is 13.1. The maximum atomic E-state index is 11.8. The summed E-state index contributed by atoms with van der Waals surface area (Å²) in [5, 5.41) is 0. The zero-order chi connectivity index (χ0) is 12.7. The van der Waals surface area contributed by atoms with Gasteiger partial charge in [-0.05, 0) is 12.1 Å². The van der Waals surface area contributed by atoms with Crippen LogP contribution in [-0.2, 0) is 4.74 Å². The second-order valence-corrected chi connectivity index (χ2v) is 4.15. The molecule has 0 amide bonds. The van der Waals surface area contributed by atoms with Crippen molar-refractivity contribution in [3.05, 3.63) is 29.8 Å². The fraction of sp³-hybridized carbons (Fsp3) is 0.462. The number of carbonyl (C=O) groups excluding carboxylic acids is 1. The summed E-state index contributed by atoms with van der Waals surface area (Å²) >= 11 is 0. The van der Waals surface area contributed by atoms with Crippen molar-refractivity contribution in [2.45, 2.75) is 6.42 Å². The van der Waals surface area contributed by atoms with E-state index in [1.54, 1.807) is 25.3 Å². The minimum Gasteiger partial charge on any atom is -0.496 e. The van der Waals surface area contributed by atoms with Gasteiger partial charge >= 0.3 is 5.97 Å². The first-order valence-corrected chi connectivity index (χ1v) is 5.74. The summed E-state index contributed by atoms with van der Waals surface area (Å²) in [7, 11) is 5.69. The van der Waals surface area contributed by atoms with E-state index < -0.39 is 0 Å². The van der Waals surface area contributed by atoms with E-state index in [0.717, 1.165) is 13.0 Å². The number of ether oxygens (including phenoxy) is 2. The Kier molecular flexibility index (Phi) is 5.49. The Hall–Kier alpha value is -1.55. The van der Waals surface area contributed by atoms with Gasteiger partial charge in [0.2, 0.25) is 0 Å². The summed E-state index contributed by atoms with van der Waals surface area (Å²) in [6.45, 7) is 1.43. The Balaban J connectivity index is 2.47. The monoisotopic (exact) mass is 238 g/mol. The van der Waals surface area contributed by atoms with Crippen molar-refractivity contribution in [2.24, 2.45) is 0 Å². The quantitative estimate of drug-likeness (QED) is 0.575. The molecule has 1 rings (SSSR count). The fourth-order valence-electron chi connectivity index (χ4n) is 1.48. The van der Waals surface area contributed by atoms with E-state index in [2.05, 4.69) is 14.1 Å². The van der Waals surface area contributed by atoms with Crippen LogP contribution in [0.3, 0.4) is 0 Å². The Morgan fingerprint density at radius 2 is 2.00 bits per heavy atom. The van der Waals surface area contributed by atoms with Crippen molar-refractivity contribution in [1.29, 1.82) is 0 Å². The first-order chi connectivity index (χ1) is 8.15. The number of nitrogens with one attached hydrogen (secondary N) is 1. The molecule has 0 radical (unpaired) electrons. The molecule has 0 atom stereocenters. The van der Waals surface area contributed by atoms with Gasteiger partial charge in [0.25, 0.3) is 0 Å². The van der Waals surface area contributed by atoms with Crippen molar-refractivity contribution in [2.75, 3.05) is 34.4 Å². The molecule has 4 nitrogen and oxygen atoms in total. The van der Waals surface area contributed by atoms with Crippen LogP contribution in [0.1, 0.15) is 16.8 Å². The molecular formula is C13H20NO3+. The maximum Gasteiger partial charge on any atom is 0.341 e. The van der Waals surface area contributed by atoms with Gasteiger partial charge in [-0.3, -0.25) is 0 Å². The molecule has 0 spiro atoms. The Morgan fingerprint density at radius 1 is 1.29 bits per heavy atom. The molecule has 0 aliphatic rings. The van der Waals surface area contributed by atoms with E-state index in [4.69, 9.17) is 9.47 Å². The van der Waals surface area contributed by atoms with Crippen LogP contribution in [0.15, 0.2) is 24.3 Å². The number of quaternary nitrogens is 1. The lowest BCUT2D eigenvalue weighted by Gasteiger charge is -2.09. The molecule has 0 bridgehead atoms. The van der Waals surface area contributed by atoms with Crippen LogP contribution in [0.2, 0.25) is 0 Å². The number of methoxy groups -OCH3 is 1. The van der Waals surface area contributed by atoms with Gasteiger partial charge in [0.15, 0.2) is 0 Å². The van der Waals surface area contributed by atoms with E-state index >= 15 is 0 Å². The summed E-state index contributed by atoms with van der Waals surface area (Å²) in [5.74, 6) is 0.229. The number of hydrogen-bond donors (Lipinski definition) is 1. The number of para-hydroxylation sites is 1. The lowest BCUT2D eigenvalue weighted by atomic mass is 10.2. The Labute approximate surface area is 102 Å². The summed E-state index contributed by atoms with van der Waals surface area (Å²) in [6.07, 6.45) is 0.864. The minimum absolute atomic E-state index is 0.323. The van der Waals surface area contributed by atoms with Gasteiger partial charge in [0.1, 0.15) is 11.3 Å². The number of benzene rings is 1. The van der Waals surface area contributed by atoms with Crippen LogP contribution in [0, 0.1) is 0 Å². The van der Waals surface area contributed by atoms with E-state index in [1.165, 1.54) is 4.90 Å². The minimum atomic E-state index is -0.323. The zero-order valence-electron chi connectivity index (χ0n) is 10.7. The third-order valence-corrected chi connectivity index (χ3v) is 2.38. The second kappa shape index (κ2) is 6.91. The molecule has 4 heteroatoms. The van der Waals surface area contributed by atoms with Gasteiger partial charge in [0.05, 0.1) is 34.4 Å². The van der Waals surface area contributed by atoms with Crippen LogP contribution >= 0.6 is 0 Å².